The molecule has 108 valence electrons. The Morgan fingerprint density at radius 3 is 2.70 bits per heavy atom. The average Bonchev–Trinajstić information content (AvgIpc) is 2.39. The Morgan fingerprint density at radius 2 is 2.20 bits per heavy atom. The molecule has 20 heavy (non-hydrogen) atoms. The van der Waals surface area contributed by atoms with Crippen molar-refractivity contribution in [3.63, 3.8) is 0 Å². The lowest BCUT2D eigenvalue weighted by Crippen LogP contribution is -2.14. The molecule has 5 nitrogen and oxygen atoms in total. The van der Waals surface area contributed by atoms with E-state index in [9.17, 15) is 13.6 Å². The summed E-state index contributed by atoms with van der Waals surface area (Å²) in [5.41, 5.74) is 6.07. The minimum Gasteiger partial charge on any atom is -0.466 e. The highest BCUT2D eigenvalue weighted by atomic mass is 19.3. The molecule has 1 rings (SSSR count). The molecule has 0 aromatic heterocycles. The van der Waals surface area contributed by atoms with Gasteiger partial charge in [0.05, 0.1) is 18.6 Å². The molecule has 0 saturated carbocycles. The van der Waals surface area contributed by atoms with Gasteiger partial charge in [0.25, 0.3) is 0 Å². The molecule has 0 aliphatic carbocycles. The Balaban J connectivity index is 3.20. The summed E-state index contributed by atoms with van der Waals surface area (Å²) in [7, 11) is 0. The summed E-state index contributed by atoms with van der Waals surface area (Å²) in [6.45, 7) is -1.34. The number of carbonyl (C=O) groups excluding carboxylic acids is 1. The van der Waals surface area contributed by atoms with Crippen LogP contribution in [-0.2, 0) is 22.5 Å². The zero-order valence-corrected chi connectivity index (χ0v) is 10.9. The molecule has 7 heteroatoms. The van der Waals surface area contributed by atoms with Crippen LogP contribution in [0.5, 0.6) is 5.75 Å². The van der Waals surface area contributed by atoms with Crippen molar-refractivity contribution in [3.05, 3.63) is 28.8 Å². The highest BCUT2D eigenvalue weighted by Gasteiger charge is 2.19. The van der Waals surface area contributed by atoms with Gasteiger partial charge in [0.1, 0.15) is 11.8 Å². The van der Waals surface area contributed by atoms with Crippen molar-refractivity contribution in [1.82, 2.24) is 0 Å². The first-order valence-electron chi connectivity index (χ1n) is 5.88. The van der Waals surface area contributed by atoms with Crippen molar-refractivity contribution >= 4 is 5.97 Å². The van der Waals surface area contributed by atoms with E-state index in [1.807, 2.05) is 0 Å². The van der Waals surface area contributed by atoms with E-state index in [0.29, 0.717) is 5.56 Å². The van der Waals surface area contributed by atoms with Gasteiger partial charge >= 0.3 is 12.6 Å². The maximum atomic E-state index is 12.4. The third kappa shape index (κ3) is 3.90. The van der Waals surface area contributed by atoms with E-state index in [0.717, 1.165) is 0 Å². The summed E-state index contributed by atoms with van der Waals surface area (Å²) in [4.78, 5) is 11.5. The van der Waals surface area contributed by atoms with Crippen LogP contribution >= 0.6 is 0 Å². The van der Waals surface area contributed by atoms with Crippen molar-refractivity contribution in [2.45, 2.75) is 26.5 Å². The summed E-state index contributed by atoms with van der Waals surface area (Å²) in [6.07, 6.45) is -0.119. The standard InChI is InChI=1S/C13H14F2N2O3/c1-2-19-11(18)5-8-3-4-9(6-16)12(10(8)7-17)20-13(14)15/h3-4,13H,2,5,7,17H2,1H3. The number of ether oxygens (including phenoxy) is 2. The number of hydrogen-bond acceptors (Lipinski definition) is 5. The Labute approximate surface area is 114 Å². The predicted molar refractivity (Wildman–Crippen MR) is 66.0 cm³/mol. The number of nitrogens with zero attached hydrogens (tertiary/aromatic N) is 1. The topological polar surface area (TPSA) is 85.3 Å². The fourth-order valence-corrected chi connectivity index (χ4v) is 1.74. The number of benzene rings is 1. The molecule has 0 radical (unpaired) electrons. The maximum absolute atomic E-state index is 12.4. The Hall–Kier alpha value is -2.20. The highest BCUT2D eigenvalue weighted by molar-refractivity contribution is 5.74. The van der Waals surface area contributed by atoms with E-state index >= 15 is 0 Å². The smallest absolute Gasteiger partial charge is 0.387 e. The van der Waals surface area contributed by atoms with Crippen molar-refractivity contribution in [2.75, 3.05) is 6.61 Å². The first-order valence-corrected chi connectivity index (χ1v) is 5.88. The van der Waals surface area contributed by atoms with E-state index in [4.69, 9.17) is 15.7 Å². The molecule has 0 heterocycles. The van der Waals surface area contributed by atoms with E-state index in [-0.39, 0.29) is 36.4 Å². The van der Waals surface area contributed by atoms with Crippen molar-refractivity contribution in [3.8, 4) is 11.8 Å². The zero-order chi connectivity index (χ0) is 15.1. The molecule has 0 saturated heterocycles. The van der Waals surface area contributed by atoms with Crippen molar-refractivity contribution in [2.24, 2.45) is 5.73 Å². The molecular weight excluding hydrogens is 270 g/mol. The second-order valence-corrected chi connectivity index (χ2v) is 3.76. The fraction of sp³-hybridized carbons (Fsp3) is 0.385. The van der Waals surface area contributed by atoms with Gasteiger partial charge in [0.15, 0.2) is 0 Å². The lowest BCUT2D eigenvalue weighted by Gasteiger charge is -2.15. The monoisotopic (exact) mass is 284 g/mol. The number of nitriles is 1. The van der Waals surface area contributed by atoms with Gasteiger partial charge < -0.3 is 15.2 Å². The Bertz CT molecular complexity index is 527. The zero-order valence-electron chi connectivity index (χ0n) is 10.9. The number of rotatable bonds is 6. The lowest BCUT2D eigenvalue weighted by molar-refractivity contribution is -0.142. The molecule has 2 N–H and O–H groups in total. The van der Waals surface area contributed by atoms with Crippen LogP contribution in [0.2, 0.25) is 0 Å². The van der Waals surface area contributed by atoms with Crippen LogP contribution in [0, 0.1) is 11.3 Å². The van der Waals surface area contributed by atoms with Crippen LogP contribution < -0.4 is 10.5 Å². The van der Waals surface area contributed by atoms with E-state index in [1.54, 1.807) is 13.0 Å². The molecule has 0 fully saturated rings. The normalized spacial score (nSPS) is 10.2. The third-order valence-corrected chi connectivity index (χ3v) is 2.53. The average molecular weight is 284 g/mol. The molecule has 0 aliphatic rings. The van der Waals surface area contributed by atoms with Gasteiger partial charge in [-0.05, 0) is 18.6 Å². The van der Waals surface area contributed by atoms with Gasteiger partial charge in [-0.1, -0.05) is 6.07 Å². The van der Waals surface area contributed by atoms with Gasteiger partial charge in [-0.15, -0.1) is 0 Å². The number of carbonyl (C=O) groups is 1. The molecular formula is C13H14F2N2O3. The predicted octanol–water partition coefficient (Wildman–Crippen LogP) is 1.72. The molecule has 0 bridgehead atoms. The molecule has 1 aromatic carbocycles. The molecule has 0 spiro atoms. The van der Waals surface area contributed by atoms with Crippen LogP contribution in [0.3, 0.4) is 0 Å². The summed E-state index contributed by atoms with van der Waals surface area (Å²) < 4.78 is 33.9. The molecule has 0 atom stereocenters. The van der Waals surface area contributed by atoms with Gasteiger partial charge in [-0.2, -0.15) is 14.0 Å². The van der Waals surface area contributed by atoms with Crippen molar-refractivity contribution < 1.29 is 23.0 Å². The number of halogens is 2. The fourth-order valence-electron chi connectivity index (χ4n) is 1.74. The third-order valence-electron chi connectivity index (χ3n) is 2.53. The van der Waals surface area contributed by atoms with E-state index < -0.39 is 12.6 Å². The maximum Gasteiger partial charge on any atom is 0.387 e. The Kier molecular flexibility index (Phi) is 5.87. The number of esters is 1. The summed E-state index contributed by atoms with van der Waals surface area (Å²) in [6, 6.07) is 4.54. The van der Waals surface area contributed by atoms with E-state index in [1.165, 1.54) is 12.1 Å². The largest absolute Gasteiger partial charge is 0.466 e. The molecule has 0 amide bonds. The number of alkyl halides is 2. The van der Waals surface area contributed by atoms with Gasteiger partial charge in [0, 0.05) is 12.1 Å². The summed E-state index contributed by atoms with van der Waals surface area (Å²) in [5.74, 6) is -0.790. The van der Waals surface area contributed by atoms with Crippen LogP contribution in [0.1, 0.15) is 23.6 Å². The molecule has 0 aliphatic heterocycles. The molecule has 0 unspecified atom stereocenters. The van der Waals surface area contributed by atoms with Gasteiger partial charge in [-0.25, -0.2) is 0 Å². The van der Waals surface area contributed by atoms with Crippen LogP contribution in [0.25, 0.3) is 0 Å². The second-order valence-electron chi connectivity index (χ2n) is 3.76. The summed E-state index contributed by atoms with van der Waals surface area (Å²) >= 11 is 0. The SMILES string of the molecule is CCOC(=O)Cc1ccc(C#N)c(OC(F)F)c1CN. The van der Waals surface area contributed by atoms with Gasteiger partial charge in [0.2, 0.25) is 0 Å². The lowest BCUT2D eigenvalue weighted by atomic mass is 10.00. The second kappa shape index (κ2) is 7.40. The highest BCUT2D eigenvalue weighted by Crippen LogP contribution is 2.29. The van der Waals surface area contributed by atoms with Crippen molar-refractivity contribution in [1.29, 1.82) is 5.26 Å². The molecule has 1 aromatic rings. The van der Waals surface area contributed by atoms with Crippen LogP contribution in [-0.4, -0.2) is 19.2 Å². The minimum atomic E-state index is -3.08. The Morgan fingerprint density at radius 1 is 1.50 bits per heavy atom. The summed E-state index contributed by atoms with van der Waals surface area (Å²) in [5, 5.41) is 8.90. The van der Waals surface area contributed by atoms with Crippen LogP contribution in [0.15, 0.2) is 12.1 Å². The quantitative estimate of drug-likeness (QED) is 0.804. The van der Waals surface area contributed by atoms with Gasteiger partial charge in [-0.3, -0.25) is 4.79 Å². The first kappa shape index (κ1) is 15.9. The minimum absolute atomic E-state index is 0.0571. The number of nitrogens with two attached hydrogens (primary N) is 1. The van der Waals surface area contributed by atoms with Crippen LogP contribution in [0.4, 0.5) is 8.78 Å². The first-order chi connectivity index (χ1) is 9.53. The van der Waals surface area contributed by atoms with E-state index in [2.05, 4.69) is 4.74 Å². The number of hydrogen-bond donors (Lipinski definition) is 1.